The third-order valence-electron chi connectivity index (χ3n) is 3.98. The average molecular weight is 350 g/mol. The summed E-state index contributed by atoms with van der Waals surface area (Å²) < 4.78 is 0. The molecule has 1 atom stereocenters. The number of hydrogen-bond acceptors (Lipinski definition) is 3. The molecule has 1 aliphatic rings. The third-order valence-corrected chi connectivity index (χ3v) is 4.47. The molecule has 4 nitrogen and oxygen atoms in total. The highest BCUT2D eigenvalue weighted by Crippen LogP contribution is 2.24. The van der Waals surface area contributed by atoms with Gasteiger partial charge in [-0.25, -0.2) is 0 Å². The molecule has 1 fully saturated rings. The van der Waals surface area contributed by atoms with Crippen molar-refractivity contribution in [3.8, 4) is 0 Å². The lowest BCUT2D eigenvalue weighted by molar-refractivity contribution is 0.0943. The van der Waals surface area contributed by atoms with Gasteiger partial charge in [0.15, 0.2) is 0 Å². The molecule has 2 heterocycles. The molecule has 1 saturated heterocycles. The number of nitrogens with zero attached hydrogens (tertiary/aromatic N) is 2. The Morgan fingerprint density at radius 3 is 2.74 bits per heavy atom. The Hall–Kier alpha value is -1.78. The summed E-state index contributed by atoms with van der Waals surface area (Å²) in [7, 11) is 0. The smallest absolute Gasteiger partial charge is 0.269 e. The second-order valence-corrected chi connectivity index (χ2v) is 6.52. The van der Waals surface area contributed by atoms with Gasteiger partial charge in [0.05, 0.1) is 0 Å². The van der Waals surface area contributed by atoms with Crippen molar-refractivity contribution in [1.29, 1.82) is 0 Å². The number of aromatic nitrogens is 1. The number of carbonyl (C=O) groups is 1. The van der Waals surface area contributed by atoms with E-state index in [0.717, 1.165) is 24.5 Å². The number of nitrogens with one attached hydrogen (secondary N) is 1. The molecule has 1 amide bonds. The summed E-state index contributed by atoms with van der Waals surface area (Å²) in [6, 6.07) is 11.1. The molecule has 3 rings (SSSR count). The van der Waals surface area contributed by atoms with Crippen LogP contribution in [0.15, 0.2) is 42.6 Å². The fourth-order valence-corrected chi connectivity index (χ4v) is 3.03. The van der Waals surface area contributed by atoms with E-state index in [4.69, 9.17) is 23.2 Å². The molecule has 0 aliphatic carbocycles. The molecule has 0 bridgehead atoms. The Morgan fingerprint density at radius 1 is 1.22 bits per heavy atom. The zero-order valence-corrected chi connectivity index (χ0v) is 14.0. The molecule has 0 radical (unpaired) electrons. The highest BCUT2D eigenvalue weighted by molar-refractivity contribution is 6.31. The predicted molar refractivity (Wildman–Crippen MR) is 93.4 cm³/mol. The minimum Gasteiger partial charge on any atom is -0.371 e. The largest absolute Gasteiger partial charge is 0.371 e. The Balaban J connectivity index is 1.52. The number of benzene rings is 1. The fourth-order valence-electron chi connectivity index (χ4n) is 2.74. The number of hydrogen-bond donors (Lipinski definition) is 1. The maximum absolute atomic E-state index is 12.1. The van der Waals surface area contributed by atoms with E-state index in [2.05, 4.69) is 15.2 Å². The number of carbonyl (C=O) groups excluding carboxylic acids is 1. The Kier molecular flexibility index (Phi) is 5.03. The van der Waals surface area contributed by atoms with E-state index >= 15 is 0 Å². The van der Waals surface area contributed by atoms with Gasteiger partial charge in [0.25, 0.3) is 5.91 Å². The first-order valence-electron chi connectivity index (χ1n) is 7.52. The molecule has 23 heavy (non-hydrogen) atoms. The van der Waals surface area contributed by atoms with Gasteiger partial charge >= 0.3 is 0 Å². The van der Waals surface area contributed by atoms with Crippen LogP contribution in [-0.4, -0.2) is 30.5 Å². The van der Waals surface area contributed by atoms with Crippen molar-refractivity contribution in [1.82, 2.24) is 10.3 Å². The summed E-state index contributed by atoms with van der Waals surface area (Å²) in [5.41, 5.74) is 1.52. The number of anilines is 1. The molecule has 1 aromatic heterocycles. The van der Waals surface area contributed by atoms with Crippen LogP contribution in [0.4, 0.5) is 5.69 Å². The summed E-state index contributed by atoms with van der Waals surface area (Å²) in [6.45, 7) is 2.54. The summed E-state index contributed by atoms with van der Waals surface area (Å²) in [5.74, 6) is 0.242. The molecular formula is C17H17Cl2N3O. The van der Waals surface area contributed by atoms with Gasteiger partial charge in [-0.05, 0) is 48.7 Å². The number of halogens is 2. The van der Waals surface area contributed by atoms with Crippen LogP contribution in [0.5, 0.6) is 0 Å². The fraction of sp³-hybridized carbons (Fsp3) is 0.294. The molecular weight excluding hydrogens is 333 g/mol. The number of pyridine rings is 1. The number of amides is 1. The van der Waals surface area contributed by atoms with E-state index in [1.165, 1.54) is 11.9 Å². The topological polar surface area (TPSA) is 45.2 Å². The van der Waals surface area contributed by atoms with Crippen molar-refractivity contribution in [2.45, 2.75) is 6.42 Å². The zero-order valence-electron chi connectivity index (χ0n) is 12.5. The minimum absolute atomic E-state index is 0.183. The van der Waals surface area contributed by atoms with Crippen molar-refractivity contribution in [3.63, 3.8) is 0 Å². The lowest BCUT2D eigenvalue weighted by Gasteiger charge is -2.19. The molecule has 1 aliphatic heterocycles. The summed E-state index contributed by atoms with van der Waals surface area (Å²) in [6.07, 6.45) is 2.58. The van der Waals surface area contributed by atoms with Gasteiger partial charge in [-0.2, -0.15) is 0 Å². The Morgan fingerprint density at radius 2 is 2.00 bits per heavy atom. The quantitative estimate of drug-likeness (QED) is 0.916. The molecule has 2 aromatic rings. The molecule has 0 saturated carbocycles. The van der Waals surface area contributed by atoms with E-state index in [1.807, 2.05) is 24.3 Å². The molecule has 1 N–H and O–H groups in total. The second kappa shape index (κ2) is 7.20. The van der Waals surface area contributed by atoms with Gasteiger partial charge in [-0.15, -0.1) is 0 Å². The normalized spacial score (nSPS) is 17.3. The first-order chi connectivity index (χ1) is 11.1. The lowest BCUT2D eigenvalue weighted by Crippen LogP contribution is -2.31. The van der Waals surface area contributed by atoms with E-state index in [-0.39, 0.29) is 5.91 Å². The third kappa shape index (κ3) is 4.15. The van der Waals surface area contributed by atoms with Crippen molar-refractivity contribution in [2.75, 3.05) is 24.5 Å². The monoisotopic (exact) mass is 349 g/mol. The minimum atomic E-state index is -0.183. The van der Waals surface area contributed by atoms with Crippen LogP contribution >= 0.6 is 23.2 Å². The van der Waals surface area contributed by atoms with E-state index in [1.54, 1.807) is 12.1 Å². The molecule has 120 valence electrons. The highest BCUT2D eigenvalue weighted by Gasteiger charge is 2.23. The molecule has 6 heteroatoms. The van der Waals surface area contributed by atoms with Crippen LogP contribution < -0.4 is 10.2 Å². The van der Waals surface area contributed by atoms with Crippen LogP contribution in [0.1, 0.15) is 16.9 Å². The summed E-state index contributed by atoms with van der Waals surface area (Å²) >= 11 is 11.8. The predicted octanol–water partition coefficient (Wildman–Crippen LogP) is 3.64. The van der Waals surface area contributed by atoms with Gasteiger partial charge in [0.1, 0.15) is 5.69 Å². The van der Waals surface area contributed by atoms with Gasteiger partial charge in [0.2, 0.25) is 0 Å². The van der Waals surface area contributed by atoms with Crippen molar-refractivity contribution >= 4 is 34.8 Å². The lowest BCUT2D eigenvalue weighted by atomic mass is 10.1. The number of rotatable bonds is 4. The van der Waals surface area contributed by atoms with Crippen LogP contribution in [-0.2, 0) is 0 Å². The van der Waals surface area contributed by atoms with Crippen molar-refractivity contribution in [3.05, 3.63) is 58.3 Å². The van der Waals surface area contributed by atoms with Gasteiger partial charge in [-0.1, -0.05) is 23.2 Å². The van der Waals surface area contributed by atoms with E-state index in [9.17, 15) is 4.79 Å². The maximum atomic E-state index is 12.1. The second-order valence-electron chi connectivity index (χ2n) is 5.65. The van der Waals surface area contributed by atoms with Crippen LogP contribution in [0.3, 0.4) is 0 Å². The van der Waals surface area contributed by atoms with Gasteiger partial charge in [0, 0.05) is 41.6 Å². The first kappa shape index (κ1) is 16.1. The van der Waals surface area contributed by atoms with Crippen molar-refractivity contribution in [2.24, 2.45) is 5.92 Å². The SMILES string of the molecule is O=C(NCC1CCN(c2ccc(Cl)cc2)C1)c1cc(Cl)ccn1. The summed E-state index contributed by atoms with van der Waals surface area (Å²) in [5, 5.41) is 4.20. The van der Waals surface area contributed by atoms with E-state index < -0.39 is 0 Å². The van der Waals surface area contributed by atoms with Gasteiger partial charge in [-0.3, -0.25) is 9.78 Å². The van der Waals surface area contributed by atoms with Crippen molar-refractivity contribution < 1.29 is 4.79 Å². The average Bonchev–Trinajstić information content (AvgIpc) is 3.02. The summed E-state index contributed by atoms with van der Waals surface area (Å²) in [4.78, 5) is 18.4. The Labute approximate surface area is 145 Å². The Bertz CT molecular complexity index is 690. The highest BCUT2D eigenvalue weighted by atomic mass is 35.5. The van der Waals surface area contributed by atoms with E-state index in [0.29, 0.717) is 23.2 Å². The van der Waals surface area contributed by atoms with Crippen LogP contribution in [0, 0.1) is 5.92 Å². The molecule has 1 aromatic carbocycles. The van der Waals surface area contributed by atoms with Crippen LogP contribution in [0.25, 0.3) is 0 Å². The zero-order chi connectivity index (χ0) is 16.2. The van der Waals surface area contributed by atoms with Gasteiger partial charge < -0.3 is 10.2 Å². The first-order valence-corrected chi connectivity index (χ1v) is 8.27. The molecule has 1 unspecified atom stereocenters. The van der Waals surface area contributed by atoms with Crippen LogP contribution in [0.2, 0.25) is 10.0 Å². The standard InChI is InChI=1S/C17H17Cl2N3O/c18-13-1-3-15(4-2-13)22-8-6-12(11-22)10-21-17(23)16-9-14(19)5-7-20-16/h1-5,7,9,12H,6,8,10-11H2,(H,21,23). The molecule has 0 spiro atoms. The maximum Gasteiger partial charge on any atom is 0.269 e.